The fourth-order valence-corrected chi connectivity index (χ4v) is 1.47. The monoisotopic (exact) mass is 214 g/mol. The van der Waals surface area contributed by atoms with Crippen LogP contribution in [0.25, 0.3) is 0 Å². The minimum atomic E-state index is 0.710. The summed E-state index contributed by atoms with van der Waals surface area (Å²) in [7, 11) is 1.75. The first-order chi connectivity index (χ1) is 7.20. The highest BCUT2D eigenvalue weighted by molar-refractivity contribution is 4.70. The standard InChI is InChI=1S/C12H26N2O/c1-5-6-13-7-8-14(9-10-15-4)11-12(2)3/h5,12-13H,1,6-11H2,2-4H3. The van der Waals surface area contributed by atoms with E-state index in [0.717, 1.165) is 39.3 Å². The first kappa shape index (κ1) is 14.6. The van der Waals surface area contributed by atoms with E-state index in [1.807, 2.05) is 6.08 Å². The van der Waals surface area contributed by atoms with E-state index in [0.29, 0.717) is 5.92 Å². The largest absolute Gasteiger partial charge is 0.383 e. The number of nitrogens with zero attached hydrogens (tertiary/aromatic N) is 1. The summed E-state index contributed by atoms with van der Waals surface area (Å²) in [6.07, 6.45) is 1.89. The van der Waals surface area contributed by atoms with Crippen molar-refractivity contribution in [3.05, 3.63) is 12.7 Å². The zero-order chi connectivity index (χ0) is 11.5. The molecule has 0 atom stereocenters. The van der Waals surface area contributed by atoms with Crippen molar-refractivity contribution in [3.8, 4) is 0 Å². The molecule has 0 aromatic rings. The Balaban J connectivity index is 3.63. The van der Waals surface area contributed by atoms with Gasteiger partial charge in [0.25, 0.3) is 0 Å². The summed E-state index contributed by atoms with van der Waals surface area (Å²) in [6.45, 7) is 14.1. The Labute approximate surface area is 94.5 Å². The first-order valence-electron chi connectivity index (χ1n) is 5.73. The van der Waals surface area contributed by atoms with Gasteiger partial charge in [-0.05, 0) is 5.92 Å². The van der Waals surface area contributed by atoms with Gasteiger partial charge >= 0.3 is 0 Å². The molecule has 0 amide bonds. The SMILES string of the molecule is C=CCNCCN(CCOC)CC(C)C. The molecule has 0 radical (unpaired) electrons. The van der Waals surface area contributed by atoms with E-state index in [9.17, 15) is 0 Å². The number of hydrogen-bond acceptors (Lipinski definition) is 3. The van der Waals surface area contributed by atoms with Crippen molar-refractivity contribution in [1.82, 2.24) is 10.2 Å². The molecule has 0 saturated heterocycles. The van der Waals surface area contributed by atoms with Gasteiger partial charge in [0.05, 0.1) is 6.61 Å². The summed E-state index contributed by atoms with van der Waals surface area (Å²) in [4.78, 5) is 2.43. The second kappa shape index (κ2) is 10.1. The summed E-state index contributed by atoms with van der Waals surface area (Å²) in [6, 6.07) is 0. The molecule has 90 valence electrons. The Morgan fingerprint density at radius 2 is 2.13 bits per heavy atom. The van der Waals surface area contributed by atoms with Gasteiger partial charge in [-0.1, -0.05) is 19.9 Å². The van der Waals surface area contributed by atoms with Crippen LogP contribution in [0.3, 0.4) is 0 Å². The van der Waals surface area contributed by atoms with Crippen molar-refractivity contribution >= 4 is 0 Å². The molecule has 0 fully saturated rings. The summed E-state index contributed by atoms with van der Waals surface area (Å²) < 4.78 is 5.10. The van der Waals surface area contributed by atoms with Gasteiger partial charge in [-0.25, -0.2) is 0 Å². The smallest absolute Gasteiger partial charge is 0.0589 e. The van der Waals surface area contributed by atoms with Crippen LogP contribution in [-0.4, -0.2) is 51.3 Å². The van der Waals surface area contributed by atoms with Crippen molar-refractivity contribution in [2.45, 2.75) is 13.8 Å². The van der Waals surface area contributed by atoms with Crippen molar-refractivity contribution in [2.24, 2.45) is 5.92 Å². The van der Waals surface area contributed by atoms with Crippen LogP contribution in [-0.2, 0) is 4.74 Å². The minimum absolute atomic E-state index is 0.710. The molecule has 0 aliphatic rings. The summed E-state index contributed by atoms with van der Waals surface area (Å²) >= 11 is 0. The maximum Gasteiger partial charge on any atom is 0.0589 e. The Kier molecular flexibility index (Phi) is 9.89. The number of nitrogens with one attached hydrogen (secondary N) is 1. The molecule has 0 rings (SSSR count). The molecule has 0 aliphatic heterocycles. The van der Waals surface area contributed by atoms with Crippen molar-refractivity contribution in [2.75, 3.05) is 46.4 Å². The van der Waals surface area contributed by atoms with Crippen LogP contribution in [0.1, 0.15) is 13.8 Å². The molecule has 0 spiro atoms. The second-order valence-electron chi connectivity index (χ2n) is 4.18. The molecule has 0 aromatic heterocycles. The van der Waals surface area contributed by atoms with Gasteiger partial charge in [-0.2, -0.15) is 0 Å². The van der Waals surface area contributed by atoms with Crippen LogP contribution < -0.4 is 5.32 Å². The topological polar surface area (TPSA) is 24.5 Å². The normalized spacial score (nSPS) is 11.3. The Bertz CT molecular complexity index is 149. The van der Waals surface area contributed by atoms with Crippen LogP contribution in [0.2, 0.25) is 0 Å². The highest BCUT2D eigenvalue weighted by Crippen LogP contribution is 1.97. The third-order valence-corrected chi connectivity index (χ3v) is 2.13. The lowest BCUT2D eigenvalue weighted by Gasteiger charge is -2.23. The van der Waals surface area contributed by atoms with Crippen LogP contribution in [0.4, 0.5) is 0 Å². The van der Waals surface area contributed by atoms with E-state index in [4.69, 9.17) is 4.74 Å². The lowest BCUT2D eigenvalue weighted by molar-refractivity contribution is 0.140. The van der Waals surface area contributed by atoms with Gasteiger partial charge in [0.1, 0.15) is 0 Å². The molecule has 0 aliphatic carbocycles. The van der Waals surface area contributed by atoms with E-state index >= 15 is 0 Å². The Morgan fingerprint density at radius 3 is 2.67 bits per heavy atom. The van der Waals surface area contributed by atoms with E-state index in [-0.39, 0.29) is 0 Å². The average molecular weight is 214 g/mol. The molecular formula is C12H26N2O. The number of methoxy groups -OCH3 is 1. The quantitative estimate of drug-likeness (QED) is 0.439. The van der Waals surface area contributed by atoms with Crippen molar-refractivity contribution in [1.29, 1.82) is 0 Å². The lowest BCUT2D eigenvalue weighted by Crippen LogP contribution is -2.36. The molecule has 1 N–H and O–H groups in total. The molecule has 3 heteroatoms. The molecule has 0 heterocycles. The fourth-order valence-electron chi connectivity index (χ4n) is 1.47. The minimum Gasteiger partial charge on any atom is -0.383 e. The van der Waals surface area contributed by atoms with Gasteiger partial charge in [0, 0.05) is 39.8 Å². The summed E-state index contributed by atoms with van der Waals surface area (Å²) in [5, 5.41) is 3.31. The molecule has 0 unspecified atom stereocenters. The van der Waals surface area contributed by atoms with Gasteiger partial charge in [0.2, 0.25) is 0 Å². The fraction of sp³-hybridized carbons (Fsp3) is 0.833. The van der Waals surface area contributed by atoms with Gasteiger partial charge in [0.15, 0.2) is 0 Å². The number of ether oxygens (including phenoxy) is 1. The Morgan fingerprint density at radius 1 is 1.40 bits per heavy atom. The third kappa shape index (κ3) is 9.91. The van der Waals surface area contributed by atoms with Gasteiger partial charge in [-0.15, -0.1) is 6.58 Å². The number of hydrogen-bond donors (Lipinski definition) is 1. The molecule has 0 aromatic carbocycles. The van der Waals surface area contributed by atoms with Crippen molar-refractivity contribution in [3.63, 3.8) is 0 Å². The van der Waals surface area contributed by atoms with E-state index < -0.39 is 0 Å². The van der Waals surface area contributed by atoms with Gasteiger partial charge in [-0.3, -0.25) is 4.90 Å². The van der Waals surface area contributed by atoms with E-state index in [1.54, 1.807) is 7.11 Å². The maximum atomic E-state index is 5.10. The summed E-state index contributed by atoms with van der Waals surface area (Å²) in [5.74, 6) is 0.710. The number of rotatable bonds is 10. The van der Waals surface area contributed by atoms with Crippen LogP contribution in [0, 0.1) is 5.92 Å². The summed E-state index contributed by atoms with van der Waals surface area (Å²) in [5.41, 5.74) is 0. The van der Waals surface area contributed by atoms with E-state index in [2.05, 4.69) is 30.6 Å². The second-order valence-corrected chi connectivity index (χ2v) is 4.18. The van der Waals surface area contributed by atoms with Crippen molar-refractivity contribution < 1.29 is 4.74 Å². The molecule has 3 nitrogen and oxygen atoms in total. The predicted octanol–water partition coefficient (Wildman–Crippen LogP) is 1.37. The predicted molar refractivity (Wildman–Crippen MR) is 66.2 cm³/mol. The van der Waals surface area contributed by atoms with Crippen LogP contribution >= 0.6 is 0 Å². The first-order valence-corrected chi connectivity index (χ1v) is 5.73. The Hall–Kier alpha value is -0.380. The van der Waals surface area contributed by atoms with Crippen LogP contribution in [0.5, 0.6) is 0 Å². The highest BCUT2D eigenvalue weighted by atomic mass is 16.5. The third-order valence-electron chi connectivity index (χ3n) is 2.13. The molecule has 0 bridgehead atoms. The highest BCUT2D eigenvalue weighted by Gasteiger charge is 2.05. The van der Waals surface area contributed by atoms with Gasteiger partial charge < -0.3 is 10.1 Å². The lowest BCUT2D eigenvalue weighted by atomic mass is 10.2. The maximum absolute atomic E-state index is 5.10. The van der Waals surface area contributed by atoms with Crippen LogP contribution in [0.15, 0.2) is 12.7 Å². The average Bonchev–Trinajstić information content (AvgIpc) is 2.19. The molecule has 0 saturated carbocycles. The van der Waals surface area contributed by atoms with E-state index in [1.165, 1.54) is 0 Å². The zero-order valence-electron chi connectivity index (χ0n) is 10.5. The molecule has 15 heavy (non-hydrogen) atoms. The zero-order valence-corrected chi connectivity index (χ0v) is 10.5. The molecular weight excluding hydrogens is 188 g/mol.